The first-order valence-corrected chi connectivity index (χ1v) is 20.2. The molecule has 2 aromatic heterocycles. The van der Waals surface area contributed by atoms with Gasteiger partial charge in [0.15, 0.2) is 0 Å². The van der Waals surface area contributed by atoms with Crippen LogP contribution in [-0.4, -0.2) is 4.57 Å². The average Bonchev–Trinajstić information content (AvgIpc) is 3.84. The first-order chi connectivity index (χ1) is 28.3. The lowest BCUT2D eigenvalue weighted by molar-refractivity contribution is 1.18. The zero-order valence-corrected chi connectivity index (χ0v) is 31.9. The summed E-state index contributed by atoms with van der Waals surface area (Å²) in [6.07, 6.45) is 0. The van der Waals surface area contributed by atoms with Gasteiger partial charge in [-0.15, -0.1) is 11.3 Å². The van der Waals surface area contributed by atoms with Crippen molar-refractivity contribution in [2.75, 3.05) is 4.90 Å². The lowest BCUT2D eigenvalue weighted by Gasteiger charge is -2.27. The van der Waals surface area contributed by atoms with Crippen molar-refractivity contribution in [1.29, 1.82) is 0 Å². The molecule has 0 aliphatic carbocycles. The number of rotatable bonds is 7. The lowest BCUT2D eigenvalue weighted by Crippen LogP contribution is -2.10. The van der Waals surface area contributed by atoms with Crippen LogP contribution >= 0.6 is 11.3 Å². The second-order valence-corrected chi connectivity index (χ2v) is 15.6. The van der Waals surface area contributed by atoms with Crippen LogP contribution in [0.4, 0.5) is 17.1 Å². The van der Waals surface area contributed by atoms with Crippen molar-refractivity contribution in [1.82, 2.24) is 4.57 Å². The van der Waals surface area contributed by atoms with Crippen LogP contribution in [0.5, 0.6) is 0 Å². The zero-order chi connectivity index (χ0) is 37.7. The van der Waals surface area contributed by atoms with Crippen molar-refractivity contribution in [3.63, 3.8) is 0 Å². The van der Waals surface area contributed by atoms with Crippen molar-refractivity contribution in [3.05, 3.63) is 218 Å². The van der Waals surface area contributed by atoms with Crippen molar-refractivity contribution in [2.45, 2.75) is 0 Å². The van der Waals surface area contributed by atoms with Crippen molar-refractivity contribution < 1.29 is 0 Å². The van der Waals surface area contributed by atoms with E-state index < -0.39 is 0 Å². The summed E-state index contributed by atoms with van der Waals surface area (Å²) in [6.45, 7) is 0. The second-order valence-electron chi connectivity index (χ2n) is 14.5. The third-order valence-electron chi connectivity index (χ3n) is 11.2. The molecule has 0 unspecified atom stereocenters. The zero-order valence-electron chi connectivity index (χ0n) is 31.1. The van der Waals surface area contributed by atoms with E-state index in [2.05, 4.69) is 228 Å². The van der Waals surface area contributed by atoms with E-state index in [0.29, 0.717) is 0 Å². The van der Waals surface area contributed by atoms with E-state index in [1.54, 1.807) is 0 Å². The Morgan fingerprint density at radius 1 is 0.351 bits per heavy atom. The number of hydrogen-bond donors (Lipinski definition) is 0. The first kappa shape index (κ1) is 33.2. The third-order valence-corrected chi connectivity index (χ3v) is 12.3. The summed E-state index contributed by atoms with van der Waals surface area (Å²) in [4.78, 5) is 2.43. The van der Waals surface area contributed by atoms with Gasteiger partial charge in [0, 0.05) is 47.9 Å². The van der Waals surface area contributed by atoms with Crippen LogP contribution < -0.4 is 4.90 Å². The predicted molar refractivity (Wildman–Crippen MR) is 245 cm³/mol. The van der Waals surface area contributed by atoms with Crippen LogP contribution in [0, 0.1) is 0 Å². The van der Waals surface area contributed by atoms with Crippen molar-refractivity contribution in [2.24, 2.45) is 0 Å². The number of para-hydroxylation sites is 3. The van der Waals surface area contributed by atoms with Crippen LogP contribution in [0.1, 0.15) is 0 Å². The van der Waals surface area contributed by atoms with E-state index in [-0.39, 0.29) is 0 Å². The Balaban J connectivity index is 1.02. The number of anilines is 3. The molecule has 9 aromatic carbocycles. The summed E-state index contributed by atoms with van der Waals surface area (Å²) in [5.74, 6) is 0. The fraction of sp³-hybridized carbons (Fsp3) is 0. The number of benzene rings is 9. The van der Waals surface area contributed by atoms with E-state index in [1.807, 2.05) is 11.3 Å². The van der Waals surface area contributed by atoms with E-state index >= 15 is 0 Å². The van der Waals surface area contributed by atoms with E-state index in [0.717, 1.165) is 11.4 Å². The van der Waals surface area contributed by atoms with E-state index in [1.165, 1.54) is 86.7 Å². The molecular formula is C54H36N2S. The monoisotopic (exact) mass is 744 g/mol. The van der Waals surface area contributed by atoms with Crippen LogP contribution in [0.15, 0.2) is 218 Å². The minimum Gasteiger partial charge on any atom is -0.310 e. The molecule has 57 heavy (non-hydrogen) atoms. The number of thiophene rings is 1. The Morgan fingerprint density at radius 2 is 0.912 bits per heavy atom. The third kappa shape index (κ3) is 5.71. The van der Waals surface area contributed by atoms with Gasteiger partial charge in [0.25, 0.3) is 0 Å². The molecule has 11 aromatic rings. The Hall–Kier alpha value is -7.20. The smallest absolute Gasteiger partial charge is 0.0554 e. The molecule has 0 saturated carbocycles. The normalized spacial score (nSPS) is 11.5. The Bertz CT molecular complexity index is 3190. The van der Waals surface area contributed by atoms with Gasteiger partial charge in [-0.25, -0.2) is 0 Å². The summed E-state index contributed by atoms with van der Waals surface area (Å²) >= 11 is 1.86. The van der Waals surface area contributed by atoms with Gasteiger partial charge in [0.1, 0.15) is 0 Å². The van der Waals surface area contributed by atoms with Gasteiger partial charge in [0.2, 0.25) is 0 Å². The highest BCUT2D eigenvalue weighted by Gasteiger charge is 2.20. The summed E-state index contributed by atoms with van der Waals surface area (Å²) < 4.78 is 5.00. The molecule has 0 amide bonds. The largest absolute Gasteiger partial charge is 0.310 e. The molecule has 2 heterocycles. The number of fused-ring (bicyclic) bond motifs is 6. The lowest BCUT2D eigenvalue weighted by atomic mass is 9.97. The fourth-order valence-electron chi connectivity index (χ4n) is 8.59. The molecule has 0 atom stereocenters. The molecule has 0 spiro atoms. The molecule has 0 N–H and O–H groups in total. The van der Waals surface area contributed by atoms with E-state index in [9.17, 15) is 0 Å². The molecule has 0 saturated heterocycles. The standard InChI is InChI=1S/C54H36N2S/c1-2-15-37(16-3-1)40-18-13-20-43(36-40)55(51-28-14-30-53-54(51)47-24-7-11-29-52(47)57-53)42-33-31-38(32-34-42)39-17-12-19-41(35-39)44-21-4-8-25-48(44)56-49-26-9-5-22-45(49)46-23-6-10-27-50(46)56/h1-36H. The van der Waals surface area contributed by atoms with Gasteiger partial charge >= 0.3 is 0 Å². The maximum Gasteiger partial charge on any atom is 0.0554 e. The quantitative estimate of drug-likeness (QED) is 0.158. The maximum atomic E-state index is 2.43. The SMILES string of the molecule is c1ccc(-c2cccc(N(c3ccc(-c4cccc(-c5ccccc5-n5c6ccccc6c6ccccc65)c4)cc3)c3cccc4sc5ccccc5c34)c2)cc1. The van der Waals surface area contributed by atoms with Crippen molar-refractivity contribution >= 4 is 70.4 Å². The van der Waals surface area contributed by atoms with Crippen LogP contribution in [-0.2, 0) is 0 Å². The van der Waals surface area contributed by atoms with Gasteiger partial charge in [-0.05, 0) is 94.5 Å². The second kappa shape index (κ2) is 13.8. The molecule has 2 nitrogen and oxygen atoms in total. The van der Waals surface area contributed by atoms with Gasteiger partial charge < -0.3 is 9.47 Å². The topological polar surface area (TPSA) is 8.17 Å². The van der Waals surface area contributed by atoms with Crippen LogP contribution in [0.2, 0.25) is 0 Å². The summed E-state index contributed by atoms with van der Waals surface area (Å²) in [5.41, 5.74) is 14.1. The van der Waals surface area contributed by atoms with Gasteiger partial charge in [-0.2, -0.15) is 0 Å². The average molecular weight is 745 g/mol. The minimum absolute atomic E-state index is 1.11. The highest BCUT2D eigenvalue weighted by molar-refractivity contribution is 7.26. The molecule has 268 valence electrons. The molecule has 0 aliphatic heterocycles. The predicted octanol–water partition coefficient (Wildman–Crippen LogP) is 15.6. The summed E-state index contributed by atoms with van der Waals surface area (Å²) in [5, 5.41) is 5.09. The molecule has 3 heteroatoms. The Kier molecular flexibility index (Phi) is 8.04. The van der Waals surface area contributed by atoms with Gasteiger partial charge in [0.05, 0.1) is 22.4 Å². The number of hydrogen-bond acceptors (Lipinski definition) is 2. The molecule has 11 rings (SSSR count). The summed E-state index contributed by atoms with van der Waals surface area (Å²) in [6, 6.07) is 79.3. The fourth-order valence-corrected chi connectivity index (χ4v) is 9.72. The molecule has 0 bridgehead atoms. The molecule has 0 radical (unpaired) electrons. The summed E-state index contributed by atoms with van der Waals surface area (Å²) in [7, 11) is 0. The van der Waals surface area contributed by atoms with Crippen molar-refractivity contribution in [3.8, 4) is 39.1 Å². The Labute approximate surface area is 335 Å². The first-order valence-electron chi connectivity index (χ1n) is 19.4. The Morgan fingerprint density at radius 3 is 1.70 bits per heavy atom. The van der Waals surface area contributed by atoms with Crippen LogP contribution in [0.3, 0.4) is 0 Å². The van der Waals surface area contributed by atoms with Gasteiger partial charge in [-0.3, -0.25) is 0 Å². The number of nitrogens with zero attached hydrogens (tertiary/aromatic N) is 2. The highest BCUT2D eigenvalue weighted by Crippen LogP contribution is 2.46. The molecule has 0 fully saturated rings. The van der Waals surface area contributed by atoms with E-state index in [4.69, 9.17) is 0 Å². The molecule has 0 aliphatic rings. The van der Waals surface area contributed by atoms with Crippen LogP contribution in [0.25, 0.3) is 81.0 Å². The number of aromatic nitrogens is 1. The minimum atomic E-state index is 1.11. The van der Waals surface area contributed by atoms with Gasteiger partial charge in [-0.1, -0.05) is 152 Å². The highest BCUT2D eigenvalue weighted by atomic mass is 32.1. The maximum absolute atomic E-state index is 2.43. The molecular weight excluding hydrogens is 709 g/mol.